The van der Waals surface area contributed by atoms with Gasteiger partial charge in [0.05, 0.1) is 16.8 Å². The van der Waals surface area contributed by atoms with Crippen LogP contribution in [-0.4, -0.2) is 48.9 Å². The van der Waals surface area contributed by atoms with E-state index in [0.717, 1.165) is 36.0 Å². The third kappa shape index (κ3) is 3.53. The molecule has 1 aliphatic heterocycles. The summed E-state index contributed by atoms with van der Waals surface area (Å²) in [6, 6.07) is 7.78. The number of hydrogen-bond acceptors (Lipinski definition) is 8. The van der Waals surface area contributed by atoms with E-state index in [9.17, 15) is 4.79 Å². The number of nitrogens with one attached hydrogen (secondary N) is 1. The Kier molecular flexibility index (Phi) is 5.35. The van der Waals surface area contributed by atoms with Crippen molar-refractivity contribution in [2.24, 2.45) is 0 Å². The summed E-state index contributed by atoms with van der Waals surface area (Å²) in [5.41, 5.74) is 12.5. The summed E-state index contributed by atoms with van der Waals surface area (Å²) in [5, 5.41) is 9.55. The van der Waals surface area contributed by atoms with Gasteiger partial charge >= 0.3 is 0 Å². The third-order valence-corrected chi connectivity index (χ3v) is 6.01. The van der Waals surface area contributed by atoms with Crippen LogP contribution >= 0.6 is 15.9 Å². The number of nitrogen functional groups attached to an aromatic ring is 1. The molecule has 0 bridgehead atoms. The van der Waals surface area contributed by atoms with Gasteiger partial charge in [0.1, 0.15) is 5.52 Å². The second-order valence-corrected chi connectivity index (χ2v) is 8.46. The Morgan fingerprint density at radius 3 is 2.75 bits per heavy atom. The van der Waals surface area contributed by atoms with Crippen LogP contribution in [0.2, 0.25) is 0 Å². The van der Waals surface area contributed by atoms with Gasteiger partial charge in [-0.2, -0.15) is 0 Å². The minimum atomic E-state index is -0.224. The third-order valence-electron chi connectivity index (χ3n) is 5.52. The molecule has 10 nitrogen and oxygen atoms in total. The lowest BCUT2D eigenvalue weighted by atomic mass is 10.1. The lowest BCUT2D eigenvalue weighted by Crippen LogP contribution is -2.40. The first kappa shape index (κ1) is 20.6. The van der Waals surface area contributed by atoms with Gasteiger partial charge in [-0.15, -0.1) is 0 Å². The first-order valence-electron chi connectivity index (χ1n) is 10.4. The van der Waals surface area contributed by atoms with E-state index in [1.54, 1.807) is 6.20 Å². The second-order valence-electron chi connectivity index (χ2n) is 7.54. The van der Waals surface area contributed by atoms with Gasteiger partial charge in [-0.05, 0) is 42.2 Å². The molecule has 164 valence electrons. The number of benzene rings is 1. The molecule has 3 N–H and O–H groups in total. The van der Waals surface area contributed by atoms with Crippen LogP contribution in [0.1, 0.15) is 30.1 Å². The summed E-state index contributed by atoms with van der Waals surface area (Å²) in [5.74, 6) is 0.383. The molecule has 5 rings (SSSR count). The zero-order valence-electron chi connectivity index (χ0n) is 17.4. The largest absolute Gasteiger partial charge is 0.379 e. The maximum atomic E-state index is 13.2. The van der Waals surface area contributed by atoms with Gasteiger partial charge in [0.2, 0.25) is 0 Å². The van der Waals surface area contributed by atoms with Gasteiger partial charge in [-0.1, -0.05) is 28.1 Å². The molecule has 1 aliphatic rings. The van der Waals surface area contributed by atoms with Crippen molar-refractivity contribution in [2.45, 2.75) is 26.3 Å². The quantitative estimate of drug-likeness (QED) is 0.430. The Bertz CT molecular complexity index is 1310. The number of fused-ring (bicyclic) bond motifs is 1. The average Bonchev–Trinajstić information content (AvgIpc) is 3.52. The van der Waals surface area contributed by atoms with Gasteiger partial charge in [0.25, 0.3) is 5.91 Å². The fourth-order valence-corrected chi connectivity index (χ4v) is 4.43. The first-order valence-corrected chi connectivity index (χ1v) is 11.2. The summed E-state index contributed by atoms with van der Waals surface area (Å²) in [6.45, 7) is 4.16. The minimum absolute atomic E-state index is 0.134. The standard InChI is InChI=1S/C21H21BrN8O2/c1-2-30-18-14(21(31)26-29-8-3-4-9-29)11-24-15(12-6-5-7-13(22)10-12)16(18)25-20(30)17-19(23)28-32-27-17/h5-7,10-11H,2-4,8-9H2,1H3,(H2,23,28)(H,26,31). The topological polar surface area (TPSA) is 128 Å². The summed E-state index contributed by atoms with van der Waals surface area (Å²) >= 11 is 3.51. The fraction of sp³-hybridized carbons (Fsp3) is 0.286. The molecule has 3 aromatic heterocycles. The van der Waals surface area contributed by atoms with E-state index in [2.05, 4.69) is 36.7 Å². The van der Waals surface area contributed by atoms with Crippen molar-refractivity contribution in [3.8, 4) is 22.8 Å². The van der Waals surface area contributed by atoms with Crippen molar-refractivity contribution in [3.05, 3.63) is 40.5 Å². The van der Waals surface area contributed by atoms with E-state index in [1.807, 2.05) is 40.8 Å². The second kappa shape index (κ2) is 8.32. The predicted octanol–water partition coefficient (Wildman–Crippen LogP) is 3.25. The number of aryl methyl sites for hydroxylation is 1. The molecule has 1 amide bonds. The number of aromatic nitrogens is 5. The van der Waals surface area contributed by atoms with E-state index in [4.69, 9.17) is 15.3 Å². The molecule has 1 fully saturated rings. The molecule has 0 unspecified atom stereocenters. The van der Waals surface area contributed by atoms with Gasteiger partial charge in [-0.3, -0.25) is 15.2 Å². The molecule has 0 spiro atoms. The highest BCUT2D eigenvalue weighted by molar-refractivity contribution is 9.10. The Balaban J connectivity index is 1.74. The summed E-state index contributed by atoms with van der Waals surface area (Å²) in [6.07, 6.45) is 3.72. The normalized spacial score (nSPS) is 14.3. The number of hydrogen-bond donors (Lipinski definition) is 2. The van der Waals surface area contributed by atoms with E-state index in [1.165, 1.54) is 0 Å². The van der Waals surface area contributed by atoms with Crippen molar-refractivity contribution >= 4 is 38.7 Å². The van der Waals surface area contributed by atoms with Crippen LogP contribution in [0.3, 0.4) is 0 Å². The fourth-order valence-electron chi connectivity index (χ4n) is 4.03. The molecule has 0 aliphatic carbocycles. The van der Waals surface area contributed by atoms with Crippen molar-refractivity contribution in [1.82, 2.24) is 35.3 Å². The highest BCUT2D eigenvalue weighted by Gasteiger charge is 2.26. The number of imidazole rings is 1. The molecule has 32 heavy (non-hydrogen) atoms. The van der Waals surface area contributed by atoms with Crippen molar-refractivity contribution in [2.75, 3.05) is 18.8 Å². The Labute approximate surface area is 191 Å². The van der Waals surface area contributed by atoms with E-state index in [0.29, 0.717) is 40.4 Å². The monoisotopic (exact) mass is 496 g/mol. The molecular weight excluding hydrogens is 476 g/mol. The summed E-state index contributed by atoms with van der Waals surface area (Å²) < 4.78 is 7.62. The zero-order chi connectivity index (χ0) is 22.2. The highest BCUT2D eigenvalue weighted by atomic mass is 79.9. The predicted molar refractivity (Wildman–Crippen MR) is 122 cm³/mol. The number of nitrogens with zero attached hydrogens (tertiary/aromatic N) is 6. The number of nitrogens with two attached hydrogens (primary N) is 1. The van der Waals surface area contributed by atoms with Crippen LogP contribution in [0.25, 0.3) is 33.8 Å². The average molecular weight is 497 g/mol. The smallest absolute Gasteiger partial charge is 0.269 e. The van der Waals surface area contributed by atoms with Crippen LogP contribution in [0.4, 0.5) is 5.82 Å². The number of pyridine rings is 1. The molecule has 1 saturated heterocycles. The minimum Gasteiger partial charge on any atom is -0.379 e. The van der Waals surface area contributed by atoms with Crippen LogP contribution in [-0.2, 0) is 6.54 Å². The number of amides is 1. The maximum Gasteiger partial charge on any atom is 0.269 e. The molecule has 11 heteroatoms. The Morgan fingerprint density at radius 1 is 1.25 bits per heavy atom. The maximum absolute atomic E-state index is 13.2. The van der Waals surface area contributed by atoms with E-state index >= 15 is 0 Å². The Hall–Kier alpha value is -3.31. The van der Waals surface area contributed by atoms with Gasteiger partial charge in [0.15, 0.2) is 17.3 Å². The molecule has 0 atom stereocenters. The molecule has 0 radical (unpaired) electrons. The van der Waals surface area contributed by atoms with Crippen molar-refractivity contribution < 1.29 is 9.42 Å². The van der Waals surface area contributed by atoms with Gasteiger partial charge in [-0.25, -0.2) is 14.6 Å². The number of carbonyl (C=O) groups excluding carboxylic acids is 1. The SMILES string of the molecule is CCn1c(-c2nonc2N)nc2c(-c3cccc(Br)c3)ncc(C(=O)NN3CCCC3)c21. The van der Waals surface area contributed by atoms with Crippen LogP contribution in [0.5, 0.6) is 0 Å². The molecule has 1 aromatic carbocycles. The van der Waals surface area contributed by atoms with Gasteiger partial charge in [0, 0.05) is 35.9 Å². The summed E-state index contributed by atoms with van der Waals surface area (Å²) in [7, 11) is 0. The zero-order valence-corrected chi connectivity index (χ0v) is 19.0. The van der Waals surface area contributed by atoms with Crippen LogP contribution in [0, 0.1) is 0 Å². The van der Waals surface area contributed by atoms with E-state index in [-0.39, 0.29) is 11.7 Å². The number of carbonyl (C=O) groups is 1. The summed E-state index contributed by atoms with van der Waals surface area (Å²) in [4.78, 5) is 22.7. The number of hydrazine groups is 1. The molecule has 0 saturated carbocycles. The molecule has 4 aromatic rings. The lowest BCUT2D eigenvalue weighted by Gasteiger charge is -2.17. The van der Waals surface area contributed by atoms with E-state index < -0.39 is 0 Å². The lowest BCUT2D eigenvalue weighted by molar-refractivity contribution is 0.0827. The number of halogens is 1. The van der Waals surface area contributed by atoms with Crippen LogP contribution < -0.4 is 11.2 Å². The van der Waals surface area contributed by atoms with Crippen molar-refractivity contribution in [3.63, 3.8) is 0 Å². The Morgan fingerprint density at radius 2 is 2.06 bits per heavy atom. The molecule has 4 heterocycles. The first-order chi connectivity index (χ1) is 15.6. The van der Waals surface area contributed by atoms with Crippen LogP contribution in [0.15, 0.2) is 39.6 Å². The van der Waals surface area contributed by atoms with Crippen molar-refractivity contribution in [1.29, 1.82) is 0 Å². The number of rotatable bonds is 5. The number of anilines is 1. The van der Waals surface area contributed by atoms with Gasteiger partial charge < -0.3 is 10.3 Å². The highest BCUT2D eigenvalue weighted by Crippen LogP contribution is 2.34. The molecular formula is C21H21BrN8O2.